The summed E-state index contributed by atoms with van der Waals surface area (Å²) in [6, 6.07) is 0. The minimum atomic E-state index is -0.317. The number of allylic oxidation sites excluding steroid dienone is 1. The highest BCUT2D eigenvalue weighted by Gasteiger charge is 1.98. The van der Waals surface area contributed by atoms with E-state index >= 15 is 0 Å². The van der Waals surface area contributed by atoms with E-state index in [1.54, 1.807) is 12.2 Å². The average Bonchev–Trinajstić information content (AvgIpc) is 1.77. The fourth-order valence-electron chi connectivity index (χ4n) is 0.448. The Morgan fingerprint density at radius 3 is 2.75 bits per heavy atom. The number of nitrogens with two attached hydrogens (primary N) is 2. The predicted molar refractivity (Wildman–Crippen MR) is 30.5 cm³/mol. The minimum absolute atomic E-state index is 0.317. The molecule has 0 aromatic heterocycles. The van der Waals surface area contributed by atoms with Gasteiger partial charge in [-0.1, -0.05) is 0 Å². The SMILES string of the molecule is NC1=COC(N)C=C1. The van der Waals surface area contributed by atoms with Crippen LogP contribution in [-0.2, 0) is 4.74 Å². The van der Waals surface area contributed by atoms with Crippen LogP contribution in [0.1, 0.15) is 0 Å². The molecule has 0 saturated carbocycles. The van der Waals surface area contributed by atoms with Gasteiger partial charge >= 0.3 is 0 Å². The average molecular weight is 112 g/mol. The van der Waals surface area contributed by atoms with Crippen molar-refractivity contribution in [1.29, 1.82) is 0 Å². The van der Waals surface area contributed by atoms with E-state index in [0.717, 1.165) is 0 Å². The summed E-state index contributed by atoms with van der Waals surface area (Å²) in [6.45, 7) is 0. The molecule has 0 bridgehead atoms. The maximum Gasteiger partial charge on any atom is 0.166 e. The molecule has 0 aliphatic carbocycles. The smallest absolute Gasteiger partial charge is 0.166 e. The van der Waals surface area contributed by atoms with E-state index in [4.69, 9.17) is 16.2 Å². The van der Waals surface area contributed by atoms with Crippen molar-refractivity contribution in [1.82, 2.24) is 0 Å². The molecule has 1 rings (SSSR count). The van der Waals surface area contributed by atoms with Crippen LogP contribution in [-0.4, -0.2) is 6.23 Å². The summed E-state index contributed by atoms with van der Waals surface area (Å²) in [6.07, 6.45) is 4.52. The van der Waals surface area contributed by atoms with E-state index in [9.17, 15) is 0 Å². The molecule has 0 amide bonds. The second kappa shape index (κ2) is 1.88. The lowest BCUT2D eigenvalue weighted by Gasteiger charge is -2.10. The molecule has 3 heteroatoms. The van der Waals surface area contributed by atoms with Gasteiger partial charge in [-0.2, -0.15) is 0 Å². The van der Waals surface area contributed by atoms with Crippen molar-refractivity contribution in [3.63, 3.8) is 0 Å². The molecule has 1 heterocycles. The van der Waals surface area contributed by atoms with Crippen LogP contribution in [0.2, 0.25) is 0 Å². The van der Waals surface area contributed by atoms with E-state index < -0.39 is 0 Å². The summed E-state index contributed by atoms with van der Waals surface area (Å²) in [5, 5.41) is 0. The first-order valence-corrected chi connectivity index (χ1v) is 2.34. The summed E-state index contributed by atoms with van der Waals surface area (Å²) >= 11 is 0. The number of rotatable bonds is 0. The van der Waals surface area contributed by atoms with Crippen molar-refractivity contribution in [2.45, 2.75) is 6.23 Å². The van der Waals surface area contributed by atoms with Gasteiger partial charge in [0.15, 0.2) is 6.23 Å². The molecule has 8 heavy (non-hydrogen) atoms. The molecule has 1 aliphatic rings. The molecule has 0 aromatic rings. The molecular weight excluding hydrogens is 104 g/mol. The fraction of sp³-hybridized carbons (Fsp3) is 0.200. The Bertz CT molecular complexity index is 139. The first-order valence-electron chi connectivity index (χ1n) is 2.34. The van der Waals surface area contributed by atoms with Crippen molar-refractivity contribution < 1.29 is 4.74 Å². The highest BCUT2D eigenvalue weighted by molar-refractivity contribution is 5.16. The van der Waals surface area contributed by atoms with Crippen LogP contribution >= 0.6 is 0 Å². The molecule has 4 N–H and O–H groups in total. The molecule has 44 valence electrons. The van der Waals surface area contributed by atoms with Gasteiger partial charge < -0.3 is 10.5 Å². The highest BCUT2D eigenvalue weighted by Crippen LogP contribution is 1.99. The molecule has 1 atom stereocenters. The normalized spacial score (nSPS) is 26.6. The summed E-state index contributed by atoms with van der Waals surface area (Å²) in [7, 11) is 0. The van der Waals surface area contributed by atoms with E-state index in [-0.39, 0.29) is 6.23 Å². The lowest BCUT2D eigenvalue weighted by Crippen LogP contribution is -2.21. The third-order valence-electron chi connectivity index (χ3n) is 0.840. The van der Waals surface area contributed by atoms with Crippen LogP contribution < -0.4 is 11.5 Å². The molecule has 3 nitrogen and oxygen atoms in total. The van der Waals surface area contributed by atoms with Crippen molar-refractivity contribution in [3.05, 3.63) is 24.1 Å². The second-order valence-corrected chi connectivity index (χ2v) is 1.58. The van der Waals surface area contributed by atoms with Crippen molar-refractivity contribution >= 4 is 0 Å². The van der Waals surface area contributed by atoms with E-state index in [0.29, 0.717) is 5.70 Å². The monoisotopic (exact) mass is 112 g/mol. The highest BCUT2D eigenvalue weighted by atomic mass is 16.5. The third kappa shape index (κ3) is 1.01. The Morgan fingerprint density at radius 2 is 2.38 bits per heavy atom. The predicted octanol–water partition coefficient (Wildman–Crippen LogP) is -0.342. The van der Waals surface area contributed by atoms with Gasteiger partial charge in [0.1, 0.15) is 6.26 Å². The molecular formula is C5H8N2O. The number of ether oxygens (including phenoxy) is 1. The summed E-state index contributed by atoms with van der Waals surface area (Å²) in [5.41, 5.74) is 11.2. The van der Waals surface area contributed by atoms with Gasteiger partial charge in [0, 0.05) is 0 Å². The Hall–Kier alpha value is -0.960. The number of hydrogen-bond donors (Lipinski definition) is 2. The molecule has 1 aliphatic heterocycles. The van der Waals surface area contributed by atoms with Crippen molar-refractivity contribution in [3.8, 4) is 0 Å². The van der Waals surface area contributed by atoms with E-state index in [1.165, 1.54) is 6.26 Å². The molecule has 0 spiro atoms. The molecule has 0 saturated heterocycles. The maximum atomic E-state index is 5.29. The first kappa shape index (κ1) is 5.18. The fourth-order valence-corrected chi connectivity index (χ4v) is 0.448. The molecule has 1 unspecified atom stereocenters. The topological polar surface area (TPSA) is 61.3 Å². The summed E-state index contributed by atoms with van der Waals surface area (Å²) in [4.78, 5) is 0. The molecule has 0 aromatic carbocycles. The van der Waals surface area contributed by atoms with Crippen LogP contribution in [0.4, 0.5) is 0 Å². The third-order valence-corrected chi connectivity index (χ3v) is 0.840. The van der Waals surface area contributed by atoms with Crippen LogP contribution in [0.25, 0.3) is 0 Å². The Kier molecular flexibility index (Phi) is 1.22. The zero-order chi connectivity index (χ0) is 5.98. The van der Waals surface area contributed by atoms with Gasteiger partial charge in [0.2, 0.25) is 0 Å². The van der Waals surface area contributed by atoms with Gasteiger partial charge in [0.25, 0.3) is 0 Å². The second-order valence-electron chi connectivity index (χ2n) is 1.58. The minimum Gasteiger partial charge on any atom is -0.477 e. The summed E-state index contributed by atoms with van der Waals surface area (Å²) < 4.78 is 4.79. The largest absolute Gasteiger partial charge is 0.477 e. The van der Waals surface area contributed by atoms with Crippen LogP contribution in [0.5, 0.6) is 0 Å². The zero-order valence-corrected chi connectivity index (χ0v) is 4.37. The van der Waals surface area contributed by atoms with E-state index in [2.05, 4.69) is 0 Å². The van der Waals surface area contributed by atoms with Gasteiger partial charge in [-0.3, -0.25) is 5.73 Å². The Labute approximate surface area is 47.6 Å². The summed E-state index contributed by atoms with van der Waals surface area (Å²) in [5.74, 6) is 0. The Balaban J connectivity index is 2.58. The lowest BCUT2D eigenvalue weighted by molar-refractivity contribution is 0.187. The lowest BCUT2D eigenvalue weighted by atomic mass is 10.3. The standard InChI is InChI=1S/C5H8N2O/c6-4-1-2-5(7)8-3-4/h1-3,5H,6-7H2. The van der Waals surface area contributed by atoms with Crippen molar-refractivity contribution in [2.24, 2.45) is 11.5 Å². The first-order chi connectivity index (χ1) is 3.79. The van der Waals surface area contributed by atoms with E-state index in [1.807, 2.05) is 0 Å². The van der Waals surface area contributed by atoms with Gasteiger partial charge in [-0.05, 0) is 12.2 Å². The maximum absolute atomic E-state index is 5.29. The van der Waals surface area contributed by atoms with Gasteiger partial charge in [-0.15, -0.1) is 0 Å². The van der Waals surface area contributed by atoms with Gasteiger partial charge in [-0.25, -0.2) is 0 Å². The molecule has 0 radical (unpaired) electrons. The van der Waals surface area contributed by atoms with Gasteiger partial charge in [0.05, 0.1) is 5.70 Å². The molecule has 0 fully saturated rings. The van der Waals surface area contributed by atoms with Crippen LogP contribution in [0, 0.1) is 0 Å². The van der Waals surface area contributed by atoms with Crippen LogP contribution in [0.3, 0.4) is 0 Å². The number of hydrogen-bond acceptors (Lipinski definition) is 3. The quantitative estimate of drug-likeness (QED) is 0.450. The Morgan fingerprint density at radius 1 is 1.62 bits per heavy atom. The van der Waals surface area contributed by atoms with Crippen molar-refractivity contribution in [2.75, 3.05) is 0 Å². The zero-order valence-electron chi connectivity index (χ0n) is 4.37. The van der Waals surface area contributed by atoms with Crippen LogP contribution in [0.15, 0.2) is 24.1 Å².